The van der Waals surface area contributed by atoms with Crippen LogP contribution in [-0.4, -0.2) is 13.7 Å². The Morgan fingerprint density at radius 1 is 1.00 bits per heavy atom. The minimum absolute atomic E-state index is 0.0899. The lowest BCUT2D eigenvalue weighted by molar-refractivity contribution is 0.365. The van der Waals surface area contributed by atoms with Gasteiger partial charge < -0.3 is 10.1 Å². The maximum atomic E-state index is 5.86. The van der Waals surface area contributed by atoms with Crippen LogP contribution in [0.3, 0.4) is 0 Å². The van der Waals surface area contributed by atoms with Crippen LogP contribution >= 0.6 is 0 Å². The average molecular weight is 273 g/mol. The number of nitrogens with one attached hydrogen (secondary N) is 1. The van der Waals surface area contributed by atoms with E-state index < -0.39 is 0 Å². The van der Waals surface area contributed by atoms with E-state index in [-0.39, 0.29) is 5.54 Å². The molecule has 110 valence electrons. The molecule has 1 saturated heterocycles. The Bertz CT molecular complexity index is 527. The van der Waals surface area contributed by atoms with E-state index in [9.17, 15) is 0 Å². The minimum atomic E-state index is 0.0899. The Morgan fingerprint density at radius 3 is 2.20 bits per heavy atom. The molecule has 1 atom stereocenters. The molecular weight excluding hydrogens is 246 g/mol. The molecule has 2 heteroatoms. The van der Waals surface area contributed by atoms with Gasteiger partial charge in [0.1, 0.15) is 5.75 Å². The van der Waals surface area contributed by atoms with E-state index in [0.29, 0.717) is 0 Å². The van der Waals surface area contributed by atoms with Gasteiger partial charge in [-0.2, -0.15) is 0 Å². The summed E-state index contributed by atoms with van der Waals surface area (Å²) in [4.78, 5) is 0. The number of benzene rings is 1. The van der Waals surface area contributed by atoms with Crippen molar-refractivity contribution in [1.29, 1.82) is 0 Å². The van der Waals surface area contributed by atoms with Crippen molar-refractivity contribution in [3.63, 3.8) is 0 Å². The van der Waals surface area contributed by atoms with Gasteiger partial charge >= 0.3 is 0 Å². The van der Waals surface area contributed by atoms with E-state index >= 15 is 0 Å². The molecule has 1 aliphatic heterocycles. The molecule has 1 aliphatic carbocycles. The predicted octanol–water partition coefficient (Wildman–Crippen LogP) is 3.79. The van der Waals surface area contributed by atoms with Gasteiger partial charge in [0.15, 0.2) is 0 Å². The molecule has 1 fully saturated rings. The van der Waals surface area contributed by atoms with Crippen LogP contribution in [0.5, 0.6) is 5.75 Å². The highest BCUT2D eigenvalue weighted by Crippen LogP contribution is 2.44. The van der Waals surface area contributed by atoms with Crippen LogP contribution in [0.15, 0.2) is 0 Å². The van der Waals surface area contributed by atoms with E-state index in [1.807, 2.05) is 7.11 Å². The summed E-state index contributed by atoms with van der Waals surface area (Å²) >= 11 is 0. The van der Waals surface area contributed by atoms with Gasteiger partial charge in [-0.15, -0.1) is 0 Å². The van der Waals surface area contributed by atoms with Crippen LogP contribution in [0, 0.1) is 13.8 Å². The van der Waals surface area contributed by atoms with Crippen molar-refractivity contribution in [3.05, 3.63) is 27.8 Å². The summed E-state index contributed by atoms with van der Waals surface area (Å²) in [5.41, 5.74) is 7.56. The van der Waals surface area contributed by atoms with Crippen molar-refractivity contribution < 1.29 is 4.74 Å². The Kier molecular flexibility index (Phi) is 3.53. The molecule has 0 radical (unpaired) electrons. The second-order valence-electron chi connectivity index (χ2n) is 6.68. The highest BCUT2D eigenvalue weighted by Gasteiger charge is 2.36. The first-order valence-electron chi connectivity index (χ1n) is 8.03. The topological polar surface area (TPSA) is 21.3 Å². The fourth-order valence-corrected chi connectivity index (χ4v) is 4.41. The number of methoxy groups -OCH3 is 1. The van der Waals surface area contributed by atoms with Gasteiger partial charge in [0, 0.05) is 11.1 Å². The molecule has 0 aromatic heterocycles. The van der Waals surface area contributed by atoms with E-state index in [2.05, 4.69) is 26.1 Å². The van der Waals surface area contributed by atoms with E-state index in [1.54, 1.807) is 11.1 Å². The number of hydrogen-bond donors (Lipinski definition) is 1. The smallest absolute Gasteiger partial charge is 0.127 e. The van der Waals surface area contributed by atoms with Crippen LogP contribution < -0.4 is 10.1 Å². The third-order valence-electron chi connectivity index (χ3n) is 5.44. The highest BCUT2D eigenvalue weighted by atomic mass is 16.5. The third kappa shape index (κ3) is 1.96. The molecule has 1 N–H and O–H groups in total. The lowest BCUT2D eigenvalue weighted by Crippen LogP contribution is -2.35. The van der Waals surface area contributed by atoms with Gasteiger partial charge in [-0.05, 0) is 88.1 Å². The lowest BCUT2D eigenvalue weighted by Gasteiger charge is -2.34. The summed E-state index contributed by atoms with van der Waals surface area (Å²) in [6.07, 6.45) is 7.60. The Hall–Kier alpha value is -1.02. The zero-order chi connectivity index (χ0) is 14.3. The normalized spacial score (nSPS) is 25.6. The zero-order valence-electron chi connectivity index (χ0n) is 13.4. The number of fused-ring (bicyclic) bond motifs is 1. The van der Waals surface area contributed by atoms with Gasteiger partial charge in [0.25, 0.3) is 0 Å². The van der Waals surface area contributed by atoms with Gasteiger partial charge in [-0.1, -0.05) is 0 Å². The molecule has 0 bridgehead atoms. The second-order valence-corrected chi connectivity index (χ2v) is 6.68. The molecule has 1 heterocycles. The Morgan fingerprint density at radius 2 is 1.65 bits per heavy atom. The summed E-state index contributed by atoms with van der Waals surface area (Å²) in [6.45, 7) is 8.03. The van der Waals surface area contributed by atoms with Crippen LogP contribution in [0.25, 0.3) is 0 Å². The fourth-order valence-electron chi connectivity index (χ4n) is 4.41. The van der Waals surface area contributed by atoms with Crippen LogP contribution in [0.1, 0.15) is 60.4 Å². The van der Waals surface area contributed by atoms with Crippen LogP contribution in [-0.2, 0) is 18.4 Å². The lowest BCUT2D eigenvalue weighted by atomic mass is 9.77. The first kappa shape index (κ1) is 13.9. The van der Waals surface area contributed by atoms with E-state index in [1.165, 1.54) is 55.2 Å². The highest BCUT2D eigenvalue weighted by molar-refractivity contribution is 5.58. The summed E-state index contributed by atoms with van der Waals surface area (Å²) in [7, 11) is 1.83. The van der Waals surface area contributed by atoms with Crippen molar-refractivity contribution in [3.8, 4) is 5.75 Å². The van der Waals surface area contributed by atoms with E-state index in [0.717, 1.165) is 12.3 Å². The third-order valence-corrected chi connectivity index (χ3v) is 5.44. The van der Waals surface area contributed by atoms with Crippen molar-refractivity contribution in [2.45, 2.75) is 64.8 Å². The van der Waals surface area contributed by atoms with Crippen molar-refractivity contribution in [1.82, 2.24) is 5.32 Å². The Balaban J connectivity index is 2.25. The van der Waals surface area contributed by atoms with Crippen molar-refractivity contribution in [2.24, 2.45) is 0 Å². The summed E-state index contributed by atoms with van der Waals surface area (Å²) in [6, 6.07) is 0. The standard InChI is InChI=1S/C18H27NO/c1-12-14-8-5-6-9-15(14)13(2)17(20-4)16(12)18(3)10-7-11-19-18/h19H,5-11H2,1-4H3. The molecule has 3 rings (SSSR count). The summed E-state index contributed by atoms with van der Waals surface area (Å²) < 4.78 is 5.86. The molecule has 2 aliphatic rings. The number of rotatable bonds is 2. The van der Waals surface area contributed by atoms with Gasteiger partial charge in [-0.25, -0.2) is 0 Å². The molecule has 1 aromatic carbocycles. The largest absolute Gasteiger partial charge is 0.496 e. The predicted molar refractivity (Wildman–Crippen MR) is 83.7 cm³/mol. The summed E-state index contributed by atoms with van der Waals surface area (Å²) in [5.74, 6) is 1.14. The first-order chi connectivity index (χ1) is 9.58. The Labute approximate surface area is 122 Å². The molecule has 0 spiro atoms. The van der Waals surface area contributed by atoms with Gasteiger partial charge in [-0.3, -0.25) is 0 Å². The minimum Gasteiger partial charge on any atom is -0.496 e. The zero-order valence-corrected chi connectivity index (χ0v) is 13.4. The fraction of sp³-hybridized carbons (Fsp3) is 0.667. The second kappa shape index (κ2) is 5.07. The summed E-state index contributed by atoms with van der Waals surface area (Å²) in [5, 5.41) is 3.72. The average Bonchev–Trinajstić information content (AvgIpc) is 2.90. The number of ether oxygens (including phenoxy) is 1. The molecule has 1 unspecified atom stereocenters. The van der Waals surface area contributed by atoms with Crippen LogP contribution in [0.4, 0.5) is 0 Å². The molecular formula is C18H27NO. The maximum absolute atomic E-state index is 5.86. The molecule has 0 saturated carbocycles. The van der Waals surface area contributed by atoms with E-state index in [4.69, 9.17) is 4.74 Å². The SMILES string of the molecule is COc1c(C)c2c(c(C)c1C1(C)CCCN1)CCCC2. The van der Waals surface area contributed by atoms with Crippen molar-refractivity contribution in [2.75, 3.05) is 13.7 Å². The van der Waals surface area contributed by atoms with Gasteiger partial charge in [0.05, 0.1) is 7.11 Å². The molecule has 1 aromatic rings. The van der Waals surface area contributed by atoms with Crippen molar-refractivity contribution >= 4 is 0 Å². The first-order valence-corrected chi connectivity index (χ1v) is 8.03. The maximum Gasteiger partial charge on any atom is 0.127 e. The molecule has 20 heavy (non-hydrogen) atoms. The quantitative estimate of drug-likeness (QED) is 0.885. The van der Waals surface area contributed by atoms with Crippen LogP contribution in [0.2, 0.25) is 0 Å². The van der Waals surface area contributed by atoms with Gasteiger partial charge in [0.2, 0.25) is 0 Å². The number of hydrogen-bond acceptors (Lipinski definition) is 2. The molecule has 0 amide bonds. The molecule has 2 nitrogen and oxygen atoms in total. The monoisotopic (exact) mass is 273 g/mol.